The van der Waals surface area contributed by atoms with Crippen molar-refractivity contribution in [1.29, 1.82) is 0 Å². The van der Waals surface area contributed by atoms with Crippen LogP contribution in [-0.4, -0.2) is 52.9 Å². The maximum absolute atomic E-state index is 13.7. The SMILES string of the molecule is Cc1cc(C=C2SC(=Nc3ccccc3)N(C3CCCC3)C2=O)c(C)n1-c1ccc(N2CCOCC2)c(Br)c1. The first-order valence-corrected chi connectivity index (χ1v) is 15.3. The maximum Gasteiger partial charge on any atom is 0.267 e. The Balaban J connectivity index is 1.32. The quantitative estimate of drug-likeness (QED) is 0.288. The van der Waals surface area contributed by atoms with Crippen LogP contribution in [0.3, 0.4) is 0 Å². The van der Waals surface area contributed by atoms with Crippen LogP contribution in [0.2, 0.25) is 0 Å². The molecule has 0 atom stereocenters. The molecule has 6 nitrogen and oxygen atoms in total. The van der Waals surface area contributed by atoms with E-state index in [1.807, 2.05) is 35.2 Å². The molecule has 0 bridgehead atoms. The number of carbonyl (C=O) groups excluding carboxylic acids is 1. The molecule has 0 N–H and O–H groups in total. The molecule has 3 aromatic rings. The number of hydrogen-bond donors (Lipinski definition) is 0. The van der Waals surface area contributed by atoms with Gasteiger partial charge in [0.1, 0.15) is 0 Å². The first kappa shape index (κ1) is 26.4. The molecule has 39 heavy (non-hydrogen) atoms. The number of benzene rings is 2. The normalized spacial score (nSPS) is 20.6. The minimum Gasteiger partial charge on any atom is -0.378 e. The number of amidine groups is 1. The molecule has 2 aromatic carbocycles. The number of anilines is 1. The van der Waals surface area contributed by atoms with Crippen molar-refractivity contribution in [2.24, 2.45) is 4.99 Å². The van der Waals surface area contributed by atoms with E-state index in [-0.39, 0.29) is 11.9 Å². The molecule has 0 spiro atoms. The van der Waals surface area contributed by atoms with Crippen LogP contribution >= 0.6 is 27.7 Å². The molecule has 1 saturated carbocycles. The summed E-state index contributed by atoms with van der Waals surface area (Å²) >= 11 is 5.31. The first-order valence-electron chi connectivity index (χ1n) is 13.7. The topological polar surface area (TPSA) is 50.1 Å². The zero-order valence-corrected chi connectivity index (χ0v) is 24.8. The van der Waals surface area contributed by atoms with Crippen molar-refractivity contribution in [2.75, 3.05) is 31.2 Å². The molecule has 1 amide bonds. The van der Waals surface area contributed by atoms with Gasteiger partial charge in [-0.25, -0.2) is 4.99 Å². The molecule has 3 aliphatic rings. The summed E-state index contributed by atoms with van der Waals surface area (Å²) in [6.45, 7) is 7.56. The van der Waals surface area contributed by atoms with E-state index < -0.39 is 0 Å². The van der Waals surface area contributed by atoms with E-state index in [0.717, 1.165) is 94.9 Å². The Morgan fingerprint density at radius 2 is 1.77 bits per heavy atom. The van der Waals surface area contributed by atoms with Crippen LogP contribution in [-0.2, 0) is 9.53 Å². The number of aromatic nitrogens is 1. The van der Waals surface area contributed by atoms with Gasteiger partial charge in [0.05, 0.1) is 29.5 Å². The average molecular weight is 606 g/mol. The summed E-state index contributed by atoms with van der Waals surface area (Å²) in [5.41, 5.74) is 6.47. The zero-order valence-electron chi connectivity index (χ0n) is 22.4. The van der Waals surface area contributed by atoms with E-state index in [2.05, 4.69) is 69.6 Å². The lowest BCUT2D eigenvalue weighted by Crippen LogP contribution is -2.37. The number of thioether (sulfide) groups is 1. The van der Waals surface area contributed by atoms with Crippen molar-refractivity contribution in [1.82, 2.24) is 9.47 Å². The largest absolute Gasteiger partial charge is 0.378 e. The van der Waals surface area contributed by atoms with Gasteiger partial charge in [0.15, 0.2) is 5.17 Å². The summed E-state index contributed by atoms with van der Waals surface area (Å²) in [5.74, 6) is 0.0731. The molecule has 0 unspecified atom stereocenters. The molecule has 3 fully saturated rings. The van der Waals surface area contributed by atoms with Gasteiger partial charge >= 0.3 is 0 Å². The molecule has 0 radical (unpaired) electrons. The van der Waals surface area contributed by atoms with E-state index in [1.54, 1.807) is 0 Å². The molecule has 8 heteroatoms. The number of nitrogens with zero attached hydrogens (tertiary/aromatic N) is 4. The van der Waals surface area contributed by atoms with E-state index in [4.69, 9.17) is 9.73 Å². The summed E-state index contributed by atoms with van der Waals surface area (Å²) in [7, 11) is 0. The van der Waals surface area contributed by atoms with Crippen LogP contribution in [0.15, 0.2) is 69.0 Å². The van der Waals surface area contributed by atoms with Gasteiger partial charge in [-0.2, -0.15) is 0 Å². The van der Waals surface area contributed by atoms with Crippen LogP contribution in [0.25, 0.3) is 11.8 Å². The van der Waals surface area contributed by atoms with Gasteiger partial charge in [0.25, 0.3) is 5.91 Å². The molecule has 202 valence electrons. The van der Waals surface area contributed by atoms with Gasteiger partial charge in [0.2, 0.25) is 0 Å². The second kappa shape index (κ2) is 11.4. The summed E-state index contributed by atoms with van der Waals surface area (Å²) in [6.07, 6.45) is 6.46. The predicted octanol–water partition coefficient (Wildman–Crippen LogP) is 7.24. The zero-order chi connectivity index (χ0) is 26.9. The van der Waals surface area contributed by atoms with Crippen LogP contribution < -0.4 is 4.90 Å². The van der Waals surface area contributed by atoms with Crippen LogP contribution in [0.4, 0.5) is 11.4 Å². The Kier molecular flexibility index (Phi) is 7.69. The van der Waals surface area contributed by atoms with Gasteiger partial charge in [-0.05, 0) is 102 Å². The van der Waals surface area contributed by atoms with E-state index in [9.17, 15) is 4.79 Å². The monoisotopic (exact) mass is 604 g/mol. The molecule has 1 aromatic heterocycles. The van der Waals surface area contributed by atoms with Crippen molar-refractivity contribution in [3.8, 4) is 5.69 Å². The fourth-order valence-electron chi connectivity index (χ4n) is 5.83. The van der Waals surface area contributed by atoms with Crippen LogP contribution in [0, 0.1) is 13.8 Å². The summed E-state index contributed by atoms with van der Waals surface area (Å²) < 4.78 is 8.86. The number of para-hydroxylation sites is 1. The number of aryl methyl sites for hydroxylation is 1. The third-order valence-corrected chi connectivity index (χ3v) is 9.42. The Morgan fingerprint density at radius 3 is 2.49 bits per heavy atom. The van der Waals surface area contributed by atoms with E-state index >= 15 is 0 Å². The van der Waals surface area contributed by atoms with Crippen molar-refractivity contribution in [2.45, 2.75) is 45.6 Å². The highest BCUT2D eigenvalue weighted by atomic mass is 79.9. The number of rotatable bonds is 5. The van der Waals surface area contributed by atoms with Gasteiger partial charge in [-0.3, -0.25) is 9.69 Å². The average Bonchev–Trinajstić information content (AvgIpc) is 3.64. The maximum atomic E-state index is 13.7. The number of ether oxygens (including phenoxy) is 1. The van der Waals surface area contributed by atoms with Crippen molar-refractivity contribution >= 4 is 56.2 Å². The van der Waals surface area contributed by atoms with Gasteiger partial charge < -0.3 is 14.2 Å². The van der Waals surface area contributed by atoms with Crippen LogP contribution in [0.1, 0.15) is 42.6 Å². The number of halogens is 1. The molecular formula is C31H33BrN4O2S. The number of morpholine rings is 1. The van der Waals surface area contributed by atoms with Gasteiger partial charge in [0, 0.05) is 40.7 Å². The van der Waals surface area contributed by atoms with Gasteiger partial charge in [-0.15, -0.1) is 0 Å². The minimum atomic E-state index is 0.0731. The lowest BCUT2D eigenvalue weighted by Gasteiger charge is -2.30. The van der Waals surface area contributed by atoms with E-state index in [0.29, 0.717) is 0 Å². The number of aliphatic imine (C=N–C) groups is 1. The fourth-order valence-corrected chi connectivity index (χ4v) is 7.50. The number of amides is 1. The fraction of sp³-hybridized carbons (Fsp3) is 0.355. The standard InChI is InChI=1S/C31H33BrN4O2S/c1-21-18-23(22(2)35(21)26-12-13-28(27(32)20-26)34-14-16-38-17-15-34)19-29-30(37)36(25-10-6-7-11-25)31(39-29)33-24-8-4-3-5-9-24/h3-5,8-9,12-13,18-20,25H,6-7,10-11,14-17H2,1-2H3. The minimum absolute atomic E-state index is 0.0731. The Bertz CT molecular complexity index is 1440. The predicted molar refractivity (Wildman–Crippen MR) is 164 cm³/mol. The highest BCUT2D eigenvalue weighted by Crippen LogP contribution is 2.40. The summed E-state index contributed by atoms with van der Waals surface area (Å²) in [4.78, 5) is 23.7. The lowest BCUT2D eigenvalue weighted by atomic mass is 10.2. The van der Waals surface area contributed by atoms with Crippen molar-refractivity contribution < 1.29 is 9.53 Å². The molecule has 2 saturated heterocycles. The van der Waals surface area contributed by atoms with Gasteiger partial charge in [-0.1, -0.05) is 31.0 Å². The Hall–Kier alpha value is -2.81. The van der Waals surface area contributed by atoms with E-state index in [1.165, 1.54) is 17.4 Å². The summed E-state index contributed by atoms with van der Waals surface area (Å²) in [6, 6.07) is 18.9. The molecule has 6 rings (SSSR count). The first-order chi connectivity index (χ1) is 19.0. The summed E-state index contributed by atoms with van der Waals surface area (Å²) in [5, 5.41) is 0.792. The molecule has 2 aliphatic heterocycles. The molecular weight excluding hydrogens is 572 g/mol. The smallest absolute Gasteiger partial charge is 0.267 e. The second-order valence-electron chi connectivity index (χ2n) is 10.4. The highest BCUT2D eigenvalue weighted by Gasteiger charge is 2.39. The molecule has 3 heterocycles. The third kappa shape index (κ3) is 5.34. The lowest BCUT2D eigenvalue weighted by molar-refractivity contribution is -0.123. The number of carbonyl (C=O) groups is 1. The van der Waals surface area contributed by atoms with Crippen molar-refractivity contribution in [3.05, 3.63) is 80.9 Å². The third-order valence-electron chi connectivity index (χ3n) is 7.81. The number of hydrogen-bond acceptors (Lipinski definition) is 5. The Morgan fingerprint density at radius 1 is 1.03 bits per heavy atom. The Labute approximate surface area is 242 Å². The second-order valence-corrected chi connectivity index (χ2v) is 12.2. The highest BCUT2D eigenvalue weighted by molar-refractivity contribution is 9.10. The molecule has 1 aliphatic carbocycles. The van der Waals surface area contributed by atoms with Crippen molar-refractivity contribution in [3.63, 3.8) is 0 Å². The van der Waals surface area contributed by atoms with Crippen LogP contribution in [0.5, 0.6) is 0 Å².